The lowest BCUT2D eigenvalue weighted by Crippen LogP contribution is -2.30. The zero-order valence-corrected chi connectivity index (χ0v) is 21.2. The van der Waals surface area contributed by atoms with E-state index < -0.39 is 0 Å². The van der Waals surface area contributed by atoms with Gasteiger partial charge in [0.25, 0.3) is 0 Å². The number of hydrogen-bond acceptors (Lipinski definition) is 6. The molecule has 0 saturated heterocycles. The number of hydrogen-bond donors (Lipinski definition) is 0. The van der Waals surface area contributed by atoms with Gasteiger partial charge in [-0.25, -0.2) is 4.79 Å². The topological polar surface area (TPSA) is 61.1 Å². The molecule has 1 aliphatic rings. The standard InChI is InChI=1S/C30H31NO5/c1-19-20(2)30(32)36-27-15-25(9-10-26(19)27)35-18-22-7-5-21(6-8-22)16-31-12-11-23-13-28(33-3)29(34-4)14-24(23)17-31/h5-10,13-15H,11-12,16-18H2,1-4H3. The first-order valence-corrected chi connectivity index (χ1v) is 12.2. The van der Waals surface area contributed by atoms with Crippen LogP contribution in [0.5, 0.6) is 17.2 Å². The predicted molar refractivity (Wildman–Crippen MR) is 140 cm³/mol. The Balaban J connectivity index is 1.21. The van der Waals surface area contributed by atoms with Crippen molar-refractivity contribution in [2.75, 3.05) is 20.8 Å². The van der Waals surface area contributed by atoms with Gasteiger partial charge in [0.15, 0.2) is 11.5 Å². The molecule has 0 unspecified atom stereocenters. The molecule has 0 spiro atoms. The summed E-state index contributed by atoms with van der Waals surface area (Å²) in [5.74, 6) is 2.25. The minimum atomic E-state index is -0.302. The van der Waals surface area contributed by atoms with Crippen LogP contribution in [-0.4, -0.2) is 25.7 Å². The predicted octanol–water partition coefficient (Wildman–Crippen LogP) is 5.56. The molecule has 0 radical (unpaired) electrons. The van der Waals surface area contributed by atoms with Gasteiger partial charge >= 0.3 is 5.63 Å². The van der Waals surface area contributed by atoms with Crippen LogP contribution in [0.2, 0.25) is 0 Å². The molecule has 6 heteroatoms. The monoisotopic (exact) mass is 485 g/mol. The van der Waals surface area contributed by atoms with Crippen molar-refractivity contribution in [1.82, 2.24) is 4.90 Å². The molecule has 36 heavy (non-hydrogen) atoms. The molecular formula is C30H31NO5. The molecule has 0 fully saturated rings. The fourth-order valence-corrected chi connectivity index (χ4v) is 4.76. The molecule has 5 rings (SSSR count). The third-order valence-corrected chi connectivity index (χ3v) is 7.06. The molecule has 3 aromatic carbocycles. The van der Waals surface area contributed by atoms with Crippen LogP contribution in [-0.2, 0) is 26.1 Å². The Morgan fingerprint density at radius 3 is 2.28 bits per heavy atom. The van der Waals surface area contributed by atoms with Gasteiger partial charge < -0.3 is 18.6 Å². The molecule has 0 saturated carbocycles. The van der Waals surface area contributed by atoms with Crippen molar-refractivity contribution >= 4 is 11.0 Å². The number of nitrogens with zero attached hydrogens (tertiary/aromatic N) is 1. The maximum atomic E-state index is 12.0. The lowest BCUT2D eigenvalue weighted by atomic mass is 9.98. The average molecular weight is 486 g/mol. The molecule has 0 amide bonds. The summed E-state index contributed by atoms with van der Waals surface area (Å²) in [5.41, 5.74) is 6.81. The second-order valence-corrected chi connectivity index (χ2v) is 9.34. The highest BCUT2D eigenvalue weighted by Gasteiger charge is 2.19. The summed E-state index contributed by atoms with van der Waals surface area (Å²) in [6.45, 7) is 6.94. The smallest absolute Gasteiger partial charge is 0.339 e. The average Bonchev–Trinajstić information content (AvgIpc) is 2.90. The van der Waals surface area contributed by atoms with Gasteiger partial charge in [0.05, 0.1) is 14.2 Å². The van der Waals surface area contributed by atoms with E-state index in [2.05, 4.69) is 41.3 Å². The third kappa shape index (κ3) is 4.82. The van der Waals surface area contributed by atoms with Gasteiger partial charge in [-0.3, -0.25) is 4.90 Å². The van der Waals surface area contributed by atoms with Gasteiger partial charge in [-0.15, -0.1) is 0 Å². The molecule has 6 nitrogen and oxygen atoms in total. The SMILES string of the molecule is COc1cc2c(cc1OC)CN(Cc1ccc(COc3ccc4c(C)c(C)c(=O)oc4c3)cc1)CC2. The van der Waals surface area contributed by atoms with Crippen molar-refractivity contribution in [3.63, 3.8) is 0 Å². The summed E-state index contributed by atoms with van der Waals surface area (Å²) >= 11 is 0. The van der Waals surface area contributed by atoms with Crippen molar-refractivity contribution in [3.05, 3.63) is 98.4 Å². The Morgan fingerprint density at radius 2 is 1.56 bits per heavy atom. The van der Waals surface area contributed by atoms with Crippen molar-refractivity contribution in [1.29, 1.82) is 0 Å². The van der Waals surface area contributed by atoms with Gasteiger partial charge in [-0.2, -0.15) is 0 Å². The zero-order chi connectivity index (χ0) is 25.2. The quantitative estimate of drug-likeness (QED) is 0.319. The fraction of sp³-hybridized carbons (Fsp3) is 0.300. The van der Waals surface area contributed by atoms with Crippen LogP contribution in [0.1, 0.15) is 33.4 Å². The first-order chi connectivity index (χ1) is 17.4. The van der Waals surface area contributed by atoms with Crippen LogP contribution in [0.3, 0.4) is 0 Å². The highest BCUT2D eigenvalue weighted by Crippen LogP contribution is 2.33. The minimum Gasteiger partial charge on any atom is -0.493 e. The normalized spacial score (nSPS) is 13.4. The number of rotatable bonds is 7. The van der Waals surface area contributed by atoms with Crippen LogP contribution in [0.15, 0.2) is 63.8 Å². The Bertz CT molecular complexity index is 1460. The third-order valence-electron chi connectivity index (χ3n) is 7.06. The van der Waals surface area contributed by atoms with Gasteiger partial charge in [0.2, 0.25) is 0 Å². The van der Waals surface area contributed by atoms with E-state index in [-0.39, 0.29) is 5.63 Å². The maximum Gasteiger partial charge on any atom is 0.339 e. The summed E-state index contributed by atoms with van der Waals surface area (Å²) in [5, 5.41) is 0.932. The van der Waals surface area contributed by atoms with E-state index in [9.17, 15) is 4.79 Å². The first kappa shape index (κ1) is 23.9. The molecule has 2 heterocycles. The highest BCUT2D eigenvalue weighted by atomic mass is 16.5. The van der Waals surface area contributed by atoms with Crippen LogP contribution in [0, 0.1) is 13.8 Å². The molecule has 1 aromatic heterocycles. The Kier molecular flexibility index (Phi) is 6.70. The van der Waals surface area contributed by atoms with E-state index >= 15 is 0 Å². The molecule has 0 aliphatic carbocycles. The molecule has 0 atom stereocenters. The lowest BCUT2D eigenvalue weighted by Gasteiger charge is -2.29. The molecule has 0 bridgehead atoms. The van der Waals surface area contributed by atoms with E-state index in [0.29, 0.717) is 23.5 Å². The highest BCUT2D eigenvalue weighted by molar-refractivity contribution is 5.82. The number of ether oxygens (including phenoxy) is 3. The van der Waals surface area contributed by atoms with E-state index in [1.807, 2.05) is 19.1 Å². The molecular weight excluding hydrogens is 454 g/mol. The van der Waals surface area contributed by atoms with Gasteiger partial charge in [-0.05, 0) is 72.4 Å². The van der Waals surface area contributed by atoms with Crippen LogP contribution < -0.4 is 19.8 Å². The maximum absolute atomic E-state index is 12.0. The van der Waals surface area contributed by atoms with Crippen LogP contribution in [0.25, 0.3) is 11.0 Å². The van der Waals surface area contributed by atoms with Gasteiger partial charge in [0, 0.05) is 36.7 Å². The fourth-order valence-electron chi connectivity index (χ4n) is 4.76. The number of fused-ring (bicyclic) bond motifs is 2. The number of aryl methyl sites for hydroxylation is 1. The summed E-state index contributed by atoms with van der Waals surface area (Å²) in [6, 6.07) is 18.4. The van der Waals surface area contributed by atoms with Gasteiger partial charge in [-0.1, -0.05) is 24.3 Å². The van der Waals surface area contributed by atoms with Crippen LogP contribution >= 0.6 is 0 Å². The summed E-state index contributed by atoms with van der Waals surface area (Å²) in [7, 11) is 3.35. The lowest BCUT2D eigenvalue weighted by molar-refractivity contribution is 0.244. The van der Waals surface area contributed by atoms with E-state index in [4.69, 9.17) is 18.6 Å². The van der Waals surface area contributed by atoms with Crippen molar-refractivity contribution < 1.29 is 18.6 Å². The second-order valence-electron chi connectivity index (χ2n) is 9.34. The first-order valence-electron chi connectivity index (χ1n) is 12.2. The van der Waals surface area contributed by atoms with Crippen molar-refractivity contribution in [2.24, 2.45) is 0 Å². The van der Waals surface area contributed by atoms with E-state index in [1.54, 1.807) is 27.2 Å². The molecule has 4 aromatic rings. The number of methoxy groups -OCH3 is 2. The van der Waals surface area contributed by atoms with Gasteiger partial charge in [0.1, 0.15) is 17.9 Å². The molecule has 0 N–H and O–H groups in total. The zero-order valence-electron chi connectivity index (χ0n) is 21.2. The van der Waals surface area contributed by atoms with E-state index in [0.717, 1.165) is 54.1 Å². The molecule has 1 aliphatic heterocycles. The largest absolute Gasteiger partial charge is 0.493 e. The minimum absolute atomic E-state index is 0.302. The molecule has 186 valence electrons. The Hall–Kier alpha value is -3.77. The van der Waals surface area contributed by atoms with Crippen LogP contribution in [0.4, 0.5) is 0 Å². The second kappa shape index (κ2) is 10.1. The summed E-state index contributed by atoms with van der Waals surface area (Å²) in [4.78, 5) is 14.5. The number of benzene rings is 3. The Morgan fingerprint density at radius 1 is 0.861 bits per heavy atom. The Labute approximate surface area is 211 Å². The summed E-state index contributed by atoms with van der Waals surface area (Å²) in [6.07, 6.45) is 0.993. The van der Waals surface area contributed by atoms with Crippen molar-refractivity contribution in [2.45, 2.75) is 40.0 Å². The summed E-state index contributed by atoms with van der Waals surface area (Å²) < 4.78 is 22.4. The van der Waals surface area contributed by atoms with E-state index in [1.165, 1.54) is 16.7 Å². The van der Waals surface area contributed by atoms with Crippen molar-refractivity contribution in [3.8, 4) is 17.2 Å².